The van der Waals surface area contributed by atoms with Gasteiger partial charge in [-0.3, -0.25) is 9.59 Å². The zero-order chi connectivity index (χ0) is 46.3. The predicted molar refractivity (Wildman–Crippen MR) is 166 cm³/mol. The Hall–Kier alpha value is -6.74. The number of carbonyl (C=O) groups excluding carboxylic acids is 2. The molecule has 29 heteroatoms. The second-order valence-corrected chi connectivity index (χ2v) is 11.3. The van der Waals surface area contributed by atoms with Gasteiger partial charge in [-0.2, -0.15) is 9.97 Å². The maximum Gasteiger partial charge on any atom is 0.265 e. The SMILES string of the molecule is C.Cc1c(F)c(F)c(F)c(C(=O)Cc2noc(-c3c(F)c(F)c(F)c(F)c3F)n2)c1F.Nc1noc(-c2c(F)c(F)c(F)c(F)c2F)n1.O=C(Cl)c1c(F)c(F)c(F)c(F)c1F. The summed E-state index contributed by atoms with van der Waals surface area (Å²) in [4.78, 5) is 28.9. The molecule has 332 valence electrons. The molecule has 62 heavy (non-hydrogen) atoms. The summed E-state index contributed by atoms with van der Waals surface area (Å²) in [5.74, 6) is -46.2. The van der Waals surface area contributed by atoms with E-state index in [4.69, 9.17) is 5.73 Å². The highest BCUT2D eigenvalue weighted by Gasteiger charge is 2.33. The normalized spacial score (nSPS) is 10.8. The Morgan fingerprint density at radius 3 is 1.16 bits per heavy atom. The molecule has 0 spiro atoms. The number of carbonyl (C=O) groups is 2. The predicted octanol–water partition coefficient (Wildman–Crippen LogP) is 10.1. The fraction of sp³-hybridized carbons (Fsp3) is 0.0909. The number of hydrogen-bond acceptors (Lipinski definition) is 9. The Balaban J connectivity index is 0.000000271. The number of nitrogens with two attached hydrogens (primary N) is 1. The fourth-order valence-corrected chi connectivity index (χ4v) is 4.52. The van der Waals surface area contributed by atoms with Crippen molar-refractivity contribution < 1.29 is 102 Å². The molecule has 0 saturated heterocycles. The third kappa shape index (κ3) is 8.98. The summed E-state index contributed by atoms with van der Waals surface area (Å²) in [6, 6.07) is 0. The Bertz CT molecular complexity index is 2670. The maximum absolute atomic E-state index is 14.0. The van der Waals surface area contributed by atoms with Crippen LogP contribution in [0.5, 0.6) is 0 Å². The van der Waals surface area contributed by atoms with Gasteiger partial charge in [0.05, 0.1) is 12.0 Å². The van der Waals surface area contributed by atoms with E-state index in [0.717, 1.165) is 6.92 Å². The van der Waals surface area contributed by atoms with Crippen LogP contribution >= 0.6 is 11.6 Å². The zero-order valence-corrected chi connectivity index (χ0v) is 29.0. The van der Waals surface area contributed by atoms with Crippen molar-refractivity contribution in [1.29, 1.82) is 0 Å². The molecule has 4 aromatic carbocycles. The molecular formula is C33H11ClF19N5O4. The number of hydrogen-bond donors (Lipinski definition) is 1. The zero-order valence-electron chi connectivity index (χ0n) is 28.3. The molecule has 0 fully saturated rings. The number of halogens is 20. The van der Waals surface area contributed by atoms with Gasteiger partial charge in [-0.05, 0) is 23.7 Å². The van der Waals surface area contributed by atoms with Gasteiger partial charge in [0, 0.05) is 5.56 Å². The summed E-state index contributed by atoms with van der Waals surface area (Å²) in [7, 11) is 0. The van der Waals surface area contributed by atoms with Crippen LogP contribution in [0.25, 0.3) is 22.9 Å². The van der Waals surface area contributed by atoms with Crippen LogP contribution in [-0.4, -0.2) is 31.3 Å². The van der Waals surface area contributed by atoms with Crippen LogP contribution in [-0.2, 0) is 6.42 Å². The molecule has 0 radical (unpaired) electrons. The Labute approximate surface area is 333 Å². The molecule has 6 rings (SSSR count). The average Bonchev–Trinajstić information content (AvgIpc) is 3.86. The lowest BCUT2D eigenvalue weighted by atomic mass is 10.0. The van der Waals surface area contributed by atoms with Crippen molar-refractivity contribution in [2.75, 3.05) is 5.73 Å². The highest BCUT2D eigenvalue weighted by molar-refractivity contribution is 6.67. The number of anilines is 1. The van der Waals surface area contributed by atoms with E-state index in [1.165, 1.54) is 0 Å². The van der Waals surface area contributed by atoms with Crippen LogP contribution in [0.1, 0.15) is 39.5 Å². The monoisotopic (exact) mass is 937 g/mol. The number of nitrogen functional groups attached to an aromatic ring is 1. The first-order chi connectivity index (χ1) is 28.3. The number of aromatic nitrogens is 4. The van der Waals surface area contributed by atoms with Crippen LogP contribution < -0.4 is 5.73 Å². The maximum atomic E-state index is 14.0. The first-order valence-corrected chi connectivity index (χ1v) is 15.2. The van der Waals surface area contributed by atoms with Crippen molar-refractivity contribution in [3.05, 3.63) is 133 Å². The summed E-state index contributed by atoms with van der Waals surface area (Å²) in [6.45, 7) is 0.736. The van der Waals surface area contributed by atoms with Gasteiger partial charge in [0.25, 0.3) is 23.0 Å². The fourth-order valence-electron chi connectivity index (χ4n) is 4.35. The lowest BCUT2D eigenvalue weighted by Crippen LogP contribution is -2.14. The largest absolute Gasteiger partial charge is 0.365 e. The Morgan fingerprint density at radius 1 is 0.468 bits per heavy atom. The van der Waals surface area contributed by atoms with E-state index in [-0.39, 0.29) is 7.43 Å². The van der Waals surface area contributed by atoms with Crippen molar-refractivity contribution in [2.24, 2.45) is 0 Å². The summed E-state index contributed by atoms with van der Waals surface area (Å²) >= 11 is 4.64. The van der Waals surface area contributed by atoms with E-state index >= 15 is 0 Å². The topological polar surface area (TPSA) is 138 Å². The average molecular weight is 938 g/mol. The van der Waals surface area contributed by atoms with Gasteiger partial charge in [0.15, 0.2) is 98.9 Å². The lowest BCUT2D eigenvalue weighted by molar-refractivity contribution is 0.0979. The molecule has 0 saturated carbocycles. The van der Waals surface area contributed by atoms with E-state index in [9.17, 15) is 93.0 Å². The molecule has 0 atom stereocenters. The number of nitrogens with zero attached hydrogens (tertiary/aromatic N) is 4. The molecule has 0 aliphatic carbocycles. The summed E-state index contributed by atoms with van der Waals surface area (Å²) in [5.41, 5.74) is -2.03. The van der Waals surface area contributed by atoms with Gasteiger partial charge in [0.2, 0.25) is 17.5 Å². The standard InChI is InChI=1S/C17H5F9N2O2.C8H2F5N3O.C7ClF5O.CH4/c1-3-8(18)6(10(20)13(23)9(3)19)4(29)2-5-27-17(30-28-5)7-11(21)14(24)16(26)15(25)12(7)22;9-2-1(7-15-8(14)16-17-7)3(10)5(12)6(13)4(2)11;8-7(14)1-2(9)4(11)6(13)5(12)3(1)10;/h2H2,1H3;(H2,14,16);;1H4. The number of benzene rings is 4. The summed E-state index contributed by atoms with van der Waals surface area (Å²) in [6.07, 6.45) is -1.14. The molecule has 0 aliphatic rings. The van der Waals surface area contributed by atoms with Gasteiger partial charge in [-0.25, -0.2) is 83.4 Å². The van der Waals surface area contributed by atoms with Crippen LogP contribution in [0.4, 0.5) is 89.4 Å². The van der Waals surface area contributed by atoms with Crippen molar-refractivity contribution in [1.82, 2.24) is 20.3 Å². The molecule has 2 aromatic heterocycles. The molecule has 2 N–H and O–H groups in total. The lowest BCUT2D eigenvalue weighted by Gasteiger charge is -2.08. The van der Waals surface area contributed by atoms with Crippen LogP contribution in [0, 0.1) is 117 Å². The number of rotatable bonds is 6. The van der Waals surface area contributed by atoms with Crippen molar-refractivity contribution in [3.8, 4) is 22.9 Å². The molecule has 0 unspecified atom stereocenters. The minimum atomic E-state index is -2.44. The van der Waals surface area contributed by atoms with Gasteiger partial charge in [0.1, 0.15) is 22.5 Å². The van der Waals surface area contributed by atoms with Crippen molar-refractivity contribution >= 4 is 28.6 Å². The quantitative estimate of drug-likeness (QED) is 0.0569. The molecule has 0 amide bonds. The van der Waals surface area contributed by atoms with Gasteiger partial charge >= 0.3 is 0 Å². The van der Waals surface area contributed by atoms with E-state index < -0.39 is 179 Å². The van der Waals surface area contributed by atoms with E-state index in [1.54, 1.807) is 0 Å². The second kappa shape index (κ2) is 18.9. The van der Waals surface area contributed by atoms with Crippen molar-refractivity contribution in [3.63, 3.8) is 0 Å². The van der Waals surface area contributed by atoms with E-state index in [0.29, 0.717) is 0 Å². The van der Waals surface area contributed by atoms with Crippen molar-refractivity contribution in [2.45, 2.75) is 20.8 Å². The van der Waals surface area contributed by atoms with Gasteiger partial charge in [-0.1, -0.05) is 12.6 Å². The molecule has 0 bridgehead atoms. The minimum Gasteiger partial charge on any atom is -0.365 e. The van der Waals surface area contributed by atoms with Crippen LogP contribution in [0.15, 0.2) is 9.05 Å². The van der Waals surface area contributed by atoms with Gasteiger partial charge in [-0.15, -0.1) is 0 Å². The highest BCUT2D eigenvalue weighted by Crippen LogP contribution is 2.33. The van der Waals surface area contributed by atoms with Crippen LogP contribution in [0.2, 0.25) is 0 Å². The number of ketones is 1. The smallest absolute Gasteiger partial charge is 0.265 e. The highest BCUT2D eigenvalue weighted by atomic mass is 35.5. The number of Topliss-reactive ketones (excluding diaryl/α,β-unsaturated/α-hetero) is 1. The second-order valence-electron chi connectivity index (χ2n) is 10.9. The Kier molecular flexibility index (Phi) is 15.1. The summed E-state index contributed by atoms with van der Waals surface area (Å²) in [5, 5.41) is 4.28. The van der Waals surface area contributed by atoms with Crippen LogP contribution in [0.3, 0.4) is 0 Å². The first-order valence-electron chi connectivity index (χ1n) is 14.8. The van der Waals surface area contributed by atoms with E-state index in [1.807, 2.05) is 0 Å². The minimum absolute atomic E-state index is 0. The first kappa shape index (κ1) is 49.6. The molecule has 2 heterocycles. The third-order valence-corrected chi connectivity index (χ3v) is 7.43. The third-order valence-electron chi connectivity index (χ3n) is 7.24. The Morgan fingerprint density at radius 2 is 0.790 bits per heavy atom. The molecule has 0 aliphatic heterocycles. The molecule has 9 nitrogen and oxygen atoms in total. The van der Waals surface area contributed by atoms with Gasteiger partial charge < -0.3 is 14.8 Å². The molecular weight excluding hydrogens is 927 g/mol. The van der Waals surface area contributed by atoms with E-state index in [2.05, 4.69) is 40.9 Å². The summed E-state index contributed by atoms with van der Waals surface area (Å²) < 4.78 is 257. The molecule has 6 aromatic rings.